The van der Waals surface area contributed by atoms with Crippen LogP contribution in [0.15, 0.2) is 33.7 Å². The Balaban J connectivity index is 2.09. The molecule has 0 radical (unpaired) electrons. The summed E-state index contributed by atoms with van der Waals surface area (Å²) in [6.07, 6.45) is 1.70. The van der Waals surface area contributed by atoms with Gasteiger partial charge < -0.3 is 5.32 Å². The highest BCUT2D eigenvalue weighted by atomic mass is 79.9. The summed E-state index contributed by atoms with van der Waals surface area (Å²) in [5, 5.41) is 2.74. The summed E-state index contributed by atoms with van der Waals surface area (Å²) in [4.78, 5) is 28.7. The molecule has 2 aromatic heterocycles. The number of carbonyl (C=O) groups excluding carboxylic acids is 1. The molecule has 0 aliphatic heterocycles. The molecule has 2 rings (SSSR count). The highest BCUT2D eigenvalue weighted by molar-refractivity contribution is 9.10. The van der Waals surface area contributed by atoms with Gasteiger partial charge in [-0.1, -0.05) is 0 Å². The molecule has 124 valence electrons. The van der Waals surface area contributed by atoms with Crippen LogP contribution in [-0.4, -0.2) is 26.1 Å². The fraction of sp³-hybridized carbons (Fsp3) is 0.438. The van der Waals surface area contributed by atoms with E-state index in [9.17, 15) is 9.59 Å². The van der Waals surface area contributed by atoms with Gasteiger partial charge in [-0.05, 0) is 55.8 Å². The van der Waals surface area contributed by atoms with Crippen molar-refractivity contribution in [2.75, 3.05) is 0 Å². The maximum atomic E-state index is 12.1. The minimum Gasteiger partial charge on any atom is -0.351 e. The molecule has 2 heterocycles. The average Bonchev–Trinajstić information content (AvgIpc) is 2.43. The predicted octanol–water partition coefficient (Wildman–Crippen LogP) is 2.99. The highest BCUT2D eigenvalue weighted by Crippen LogP contribution is 2.18. The molecule has 0 bridgehead atoms. The minimum atomic E-state index is -0.251. The molecule has 0 aromatic carbocycles. The molecule has 0 fully saturated rings. The lowest BCUT2D eigenvalue weighted by Gasteiger charge is -2.23. The second-order valence-electron chi connectivity index (χ2n) is 6.35. The molecule has 1 amide bonds. The monoisotopic (exact) mass is 397 g/mol. The Morgan fingerprint density at radius 2 is 2.13 bits per heavy atom. The number of aromatic nitrogens is 2. The van der Waals surface area contributed by atoms with E-state index in [0.29, 0.717) is 17.1 Å². The smallest absolute Gasteiger partial charge is 0.258 e. The zero-order valence-electron chi connectivity index (χ0n) is 13.6. The lowest BCUT2D eigenvalue weighted by molar-refractivity contribution is -0.121. The number of hydrogen-bond acceptors (Lipinski definition) is 4. The number of thioether (sulfide) groups is 1. The standard InChI is InChI=1S/C16H20BrN3O2S/c1-10(15(22)19-16(2,3)4)23-9-12-7-14(21)20-8-11(17)5-6-13(20)18-12/h5-8,10H,9H2,1-4H3,(H,19,22)/t10-/m1/s1. The zero-order valence-corrected chi connectivity index (χ0v) is 16.0. The van der Waals surface area contributed by atoms with Crippen molar-refractivity contribution in [1.29, 1.82) is 0 Å². The molecule has 0 saturated carbocycles. The summed E-state index contributed by atoms with van der Waals surface area (Å²) in [5.41, 5.74) is 0.902. The highest BCUT2D eigenvalue weighted by Gasteiger charge is 2.19. The van der Waals surface area contributed by atoms with E-state index in [2.05, 4.69) is 26.2 Å². The lowest BCUT2D eigenvalue weighted by atomic mass is 10.1. The summed E-state index contributed by atoms with van der Waals surface area (Å²) in [6, 6.07) is 5.15. The van der Waals surface area contributed by atoms with Crippen LogP contribution in [-0.2, 0) is 10.5 Å². The Kier molecular flexibility index (Phi) is 5.52. The van der Waals surface area contributed by atoms with Gasteiger partial charge in [0.25, 0.3) is 5.56 Å². The number of nitrogens with zero attached hydrogens (tertiary/aromatic N) is 2. The molecule has 5 nitrogen and oxygen atoms in total. The predicted molar refractivity (Wildman–Crippen MR) is 97.8 cm³/mol. The molecule has 1 N–H and O–H groups in total. The first kappa shape index (κ1) is 18.0. The molecule has 2 aromatic rings. The van der Waals surface area contributed by atoms with Crippen molar-refractivity contribution in [2.24, 2.45) is 0 Å². The Morgan fingerprint density at radius 1 is 1.43 bits per heavy atom. The van der Waals surface area contributed by atoms with E-state index in [1.165, 1.54) is 22.2 Å². The molecule has 23 heavy (non-hydrogen) atoms. The molecule has 0 aliphatic carbocycles. The number of pyridine rings is 1. The molecule has 0 spiro atoms. The van der Waals surface area contributed by atoms with Crippen LogP contribution in [0, 0.1) is 0 Å². The largest absolute Gasteiger partial charge is 0.351 e. The van der Waals surface area contributed by atoms with Crippen LogP contribution in [0.5, 0.6) is 0 Å². The number of hydrogen-bond donors (Lipinski definition) is 1. The number of nitrogens with one attached hydrogen (secondary N) is 1. The van der Waals surface area contributed by atoms with Gasteiger partial charge in [0.1, 0.15) is 5.65 Å². The summed E-state index contributed by atoms with van der Waals surface area (Å²) < 4.78 is 2.32. The second-order valence-corrected chi connectivity index (χ2v) is 8.60. The van der Waals surface area contributed by atoms with Crippen molar-refractivity contribution in [1.82, 2.24) is 14.7 Å². The van der Waals surface area contributed by atoms with Crippen molar-refractivity contribution in [3.63, 3.8) is 0 Å². The second kappa shape index (κ2) is 7.05. The number of fused-ring (bicyclic) bond motifs is 1. The topological polar surface area (TPSA) is 63.5 Å². The van der Waals surface area contributed by atoms with E-state index in [0.717, 1.165) is 4.47 Å². The first-order chi connectivity index (χ1) is 10.7. The van der Waals surface area contributed by atoms with Crippen molar-refractivity contribution >= 4 is 39.2 Å². The Bertz CT molecular complexity index is 783. The van der Waals surface area contributed by atoms with Gasteiger partial charge in [-0.2, -0.15) is 0 Å². The molecule has 7 heteroatoms. The summed E-state index contributed by atoms with van der Waals surface area (Å²) in [5.74, 6) is 0.504. The number of rotatable bonds is 4. The van der Waals surface area contributed by atoms with Gasteiger partial charge in [0.2, 0.25) is 5.91 Å². The zero-order chi connectivity index (χ0) is 17.2. The lowest BCUT2D eigenvalue weighted by Crippen LogP contribution is -2.44. The van der Waals surface area contributed by atoms with Gasteiger partial charge in [0, 0.05) is 28.0 Å². The van der Waals surface area contributed by atoms with Crippen molar-refractivity contribution in [3.05, 3.63) is 44.9 Å². The number of amides is 1. The van der Waals surface area contributed by atoms with Gasteiger partial charge in [0.15, 0.2) is 0 Å². The molecular formula is C16H20BrN3O2S. The summed E-state index contributed by atoms with van der Waals surface area (Å²) in [6.45, 7) is 7.71. The van der Waals surface area contributed by atoms with Crippen molar-refractivity contribution in [3.8, 4) is 0 Å². The van der Waals surface area contributed by atoms with E-state index in [4.69, 9.17) is 0 Å². The Hall–Kier alpha value is -1.34. The van der Waals surface area contributed by atoms with Gasteiger partial charge in [-0.25, -0.2) is 4.98 Å². The SMILES string of the molecule is C[C@@H](SCc1cc(=O)n2cc(Br)ccc2n1)C(=O)NC(C)(C)C. The molecule has 0 unspecified atom stereocenters. The fourth-order valence-corrected chi connectivity index (χ4v) is 3.07. The first-order valence-electron chi connectivity index (χ1n) is 7.27. The van der Waals surface area contributed by atoms with Crippen LogP contribution in [0.1, 0.15) is 33.4 Å². The quantitative estimate of drug-likeness (QED) is 0.860. The maximum absolute atomic E-state index is 12.1. The van der Waals surface area contributed by atoms with E-state index >= 15 is 0 Å². The van der Waals surface area contributed by atoms with Gasteiger partial charge in [-0.3, -0.25) is 14.0 Å². The Morgan fingerprint density at radius 3 is 2.78 bits per heavy atom. The third-order valence-corrected chi connectivity index (χ3v) is 4.67. The molecule has 0 aliphatic rings. The minimum absolute atomic E-state index is 0.0102. The summed E-state index contributed by atoms with van der Waals surface area (Å²) in [7, 11) is 0. The van der Waals surface area contributed by atoms with E-state index < -0.39 is 0 Å². The molecule has 1 atom stereocenters. The van der Waals surface area contributed by atoms with E-state index in [1.54, 1.807) is 12.3 Å². The van der Waals surface area contributed by atoms with Crippen LogP contribution in [0.3, 0.4) is 0 Å². The number of halogens is 1. The van der Waals surface area contributed by atoms with Crippen LogP contribution >= 0.6 is 27.7 Å². The van der Waals surface area contributed by atoms with E-state index in [1.807, 2.05) is 33.8 Å². The maximum Gasteiger partial charge on any atom is 0.258 e. The van der Waals surface area contributed by atoms with Crippen LogP contribution in [0.4, 0.5) is 0 Å². The van der Waals surface area contributed by atoms with Gasteiger partial charge in [-0.15, -0.1) is 11.8 Å². The normalized spacial score (nSPS) is 13.1. The van der Waals surface area contributed by atoms with Crippen molar-refractivity contribution in [2.45, 2.75) is 44.2 Å². The number of carbonyl (C=O) groups is 1. The molecule has 0 saturated heterocycles. The fourth-order valence-electron chi connectivity index (χ4n) is 1.96. The van der Waals surface area contributed by atoms with Crippen LogP contribution < -0.4 is 10.9 Å². The van der Waals surface area contributed by atoms with Gasteiger partial charge in [0.05, 0.1) is 10.9 Å². The van der Waals surface area contributed by atoms with Crippen LogP contribution in [0.25, 0.3) is 5.65 Å². The first-order valence-corrected chi connectivity index (χ1v) is 9.11. The Labute approximate surface area is 148 Å². The third-order valence-electron chi connectivity index (χ3n) is 3.03. The van der Waals surface area contributed by atoms with Gasteiger partial charge >= 0.3 is 0 Å². The molecular weight excluding hydrogens is 378 g/mol. The van der Waals surface area contributed by atoms with Crippen molar-refractivity contribution < 1.29 is 4.79 Å². The summed E-state index contributed by atoms with van der Waals surface area (Å²) >= 11 is 4.81. The van der Waals surface area contributed by atoms with Crippen LogP contribution in [0.2, 0.25) is 0 Å². The average molecular weight is 398 g/mol. The third kappa shape index (κ3) is 5.07. The van der Waals surface area contributed by atoms with E-state index in [-0.39, 0.29) is 22.3 Å².